The van der Waals surface area contributed by atoms with Crippen LogP contribution in [-0.4, -0.2) is 55.6 Å². The third-order valence-electron chi connectivity index (χ3n) is 3.99. The monoisotopic (exact) mass is 337 g/mol. The summed E-state index contributed by atoms with van der Waals surface area (Å²) >= 11 is 0. The van der Waals surface area contributed by atoms with Crippen molar-refractivity contribution in [2.24, 2.45) is 0 Å². The maximum absolute atomic E-state index is 12.7. The molecule has 0 saturated carbocycles. The minimum absolute atomic E-state index is 0.122. The van der Waals surface area contributed by atoms with E-state index in [0.29, 0.717) is 12.2 Å². The summed E-state index contributed by atoms with van der Waals surface area (Å²) in [5.74, 6) is -0.278. The largest absolute Gasteiger partial charge is 0.395 e. The quantitative estimate of drug-likeness (QED) is 0.693. The average molecular weight is 337 g/mol. The first kappa shape index (κ1) is 16.8. The Balaban J connectivity index is 2.03. The molecular weight excluding hydrogens is 318 g/mol. The summed E-state index contributed by atoms with van der Waals surface area (Å²) in [7, 11) is 0. The maximum Gasteiger partial charge on any atom is 0.276 e. The first-order valence-electron chi connectivity index (χ1n) is 7.93. The predicted molar refractivity (Wildman–Crippen MR) is 94.6 cm³/mol. The molecule has 1 aromatic carbocycles. The van der Waals surface area contributed by atoms with Crippen molar-refractivity contribution < 1.29 is 9.90 Å². The third-order valence-corrected chi connectivity index (χ3v) is 3.99. The molecule has 0 saturated heterocycles. The highest BCUT2D eigenvalue weighted by Gasteiger charge is 2.22. The van der Waals surface area contributed by atoms with Crippen LogP contribution in [0, 0.1) is 6.92 Å². The van der Waals surface area contributed by atoms with E-state index in [4.69, 9.17) is 5.11 Å². The van der Waals surface area contributed by atoms with Gasteiger partial charge in [-0.3, -0.25) is 9.78 Å². The van der Waals surface area contributed by atoms with Gasteiger partial charge in [-0.1, -0.05) is 23.4 Å². The number of carbonyl (C=O) groups excluding carboxylic acids is 1. The van der Waals surface area contributed by atoms with Crippen molar-refractivity contribution in [1.82, 2.24) is 24.9 Å². The standard InChI is InChI=1S/C18H19N5O2/c1-3-9-22(10-11-24)18(25)17-13(2)23(21-20-17)16-6-4-5-14-12-19-8-7-15(14)16/h3-8,12,24H,1,9-11H2,2H3. The molecule has 1 amide bonds. The van der Waals surface area contributed by atoms with Crippen LogP contribution in [0.4, 0.5) is 0 Å². The molecule has 0 atom stereocenters. The number of nitrogens with zero attached hydrogens (tertiary/aromatic N) is 5. The van der Waals surface area contributed by atoms with Crippen LogP contribution in [-0.2, 0) is 0 Å². The van der Waals surface area contributed by atoms with Crippen LogP contribution in [0.3, 0.4) is 0 Å². The van der Waals surface area contributed by atoms with Crippen LogP contribution < -0.4 is 0 Å². The molecule has 2 aromatic heterocycles. The van der Waals surface area contributed by atoms with E-state index in [9.17, 15) is 4.79 Å². The summed E-state index contributed by atoms with van der Waals surface area (Å²) in [4.78, 5) is 18.3. The molecule has 0 aliphatic rings. The molecule has 7 nitrogen and oxygen atoms in total. The molecular formula is C18H19N5O2. The van der Waals surface area contributed by atoms with E-state index in [1.807, 2.05) is 24.3 Å². The van der Waals surface area contributed by atoms with Crippen molar-refractivity contribution in [3.05, 3.63) is 60.7 Å². The Morgan fingerprint density at radius 1 is 1.40 bits per heavy atom. The van der Waals surface area contributed by atoms with Crippen molar-refractivity contribution in [2.45, 2.75) is 6.92 Å². The normalized spacial score (nSPS) is 10.8. The van der Waals surface area contributed by atoms with E-state index >= 15 is 0 Å². The number of hydrogen-bond acceptors (Lipinski definition) is 5. The summed E-state index contributed by atoms with van der Waals surface area (Å²) in [5.41, 5.74) is 1.74. The number of aliphatic hydroxyl groups excluding tert-OH is 1. The number of amides is 1. The van der Waals surface area contributed by atoms with Gasteiger partial charge in [-0.05, 0) is 19.1 Å². The van der Waals surface area contributed by atoms with Gasteiger partial charge >= 0.3 is 0 Å². The summed E-state index contributed by atoms with van der Waals surface area (Å²) in [6, 6.07) is 7.71. The molecule has 0 radical (unpaired) electrons. The SMILES string of the molecule is C=CCN(CCO)C(=O)c1nnn(-c2cccc3cnccc23)c1C. The smallest absolute Gasteiger partial charge is 0.276 e. The first-order valence-corrected chi connectivity index (χ1v) is 7.93. The fourth-order valence-electron chi connectivity index (χ4n) is 2.75. The van der Waals surface area contributed by atoms with Gasteiger partial charge in [0.1, 0.15) is 0 Å². The van der Waals surface area contributed by atoms with Gasteiger partial charge in [-0.25, -0.2) is 4.68 Å². The maximum atomic E-state index is 12.7. The highest BCUT2D eigenvalue weighted by Crippen LogP contribution is 2.22. The zero-order valence-corrected chi connectivity index (χ0v) is 14.0. The second kappa shape index (κ2) is 7.23. The lowest BCUT2D eigenvalue weighted by atomic mass is 10.1. The van der Waals surface area contributed by atoms with Gasteiger partial charge in [0.05, 0.1) is 18.0 Å². The topological polar surface area (TPSA) is 84.1 Å². The minimum atomic E-state index is -0.278. The zero-order valence-electron chi connectivity index (χ0n) is 14.0. The van der Waals surface area contributed by atoms with Crippen molar-refractivity contribution in [1.29, 1.82) is 0 Å². The second-order valence-corrected chi connectivity index (χ2v) is 5.57. The van der Waals surface area contributed by atoms with Gasteiger partial charge in [-0.2, -0.15) is 0 Å². The molecule has 128 valence electrons. The van der Waals surface area contributed by atoms with Gasteiger partial charge in [-0.15, -0.1) is 11.7 Å². The summed E-state index contributed by atoms with van der Waals surface area (Å²) in [6.07, 6.45) is 5.12. The van der Waals surface area contributed by atoms with E-state index in [-0.39, 0.29) is 24.8 Å². The lowest BCUT2D eigenvalue weighted by Gasteiger charge is -2.18. The van der Waals surface area contributed by atoms with Gasteiger partial charge in [0, 0.05) is 36.3 Å². The number of fused-ring (bicyclic) bond motifs is 1. The Kier molecular flexibility index (Phi) is 4.85. The predicted octanol–water partition coefficient (Wildman–Crippen LogP) is 1.74. The van der Waals surface area contributed by atoms with Crippen molar-refractivity contribution in [3.8, 4) is 5.69 Å². The summed E-state index contributed by atoms with van der Waals surface area (Å²) in [5, 5.41) is 19.4. The number of hydrogen-bond donors (Lipinski definition) is 1. The van der Waals surface area contributed by atoms with Crippen LogP contribution in [0.2, 0.25) is 0 Å². The van der Waals surface area contributed by atoms with Gasteiger partial charge < -0.3 is 10.0 Å². The van der Waals surface area contributed by atoms with Crippen LogP contribution >= 0.6 is 0 Å². The van der Waals surface area contributed by atoms with Gasteiger partial charge in [0.15, 0.2) is 5.69 Å². The van der Waals surface area contributed by atoms with E-state index in [1.165, 1.54) is 4.90 Å². The van der Waals surface area contributed by atoms with Crippen molar-refractivity contribution in [2.75, 3.05) is 19.7 Å². The number of benzene rings is 1. The molecule has 0 aliphatic heterocycles. The number of rotatable bonds is 6. The van der Waals surface area contributed by atoms with Crippen LogP contribution in [0.1, 0.15) is 16.2 Å². The molecule has 0 unspecified atom stereocenters. The van der Waals surface area contributed by atoms with Crippen LogP contribution in [0.5, 0.6) is 0 Å². The van der Waals surface area contributed by atoms with Gasteiger partial charge in [0.25, 0.3) is 5.91 Å². The number of aromatic nitrogens is 4. The molecule has 7 heteroatoms. The molecule has 3 rings (SSSR count). The van der Waals surface area contributed by atoms with Crippen molar-refractivity contribution >= 4 is 16.7 Å². The fourth-order valence-corrected chi connectivity index (χ4v) is 2.75. The first-order chi connectivity index (χ1) is 12.2. The number of aliphatic hydroxyl groups is 1. The number of carbonyl (C=O) groups is 1. The molecule has 0 bridgehead atoms. The number of pyridine rings is 1. The Bertz CT molecular complexity index is 913. The fraction of sp³-hybridized carbons (Fsp3) is 0.222. The molecule has 25 heavy (non-hydrogen) atoms. The molecule has 0 spiro atoms. The Labute approximate surface area is 145 Å². The Hall–Kier alpha value is -3.06. The molecule has 0 aliphatic carbocycles. The average Bonchev–Trinajstić information content (AvgIpc) is 3.01. The lowest BCUT2D eigenvalue weighted by molar-refractivity contribution is 0.0736. The third kappa shape index (κ3) is 3.14. The van der Waals surface area contributed by atoms with Crippen molar-refractivity contribution in [3.63, 3.8) is 0 Å². The molecule has 3 aromatic rings. The van der Waals surface area contributed by atoms with E-state index < -0.39 is 0 Å². The highest BCUT2D eigenvalue weighted by atomic mass is 16.3. The van der Waals surface area contributed by atoms with E-state index in [2.05, 4.69) is 21.9 Å². The Morgan fingerprint density at radius 2 is 2.24 bits per heavy atom. The molecule has 1 N–H and O–H groups in total. The van der Waals surface area contributed by atoms with E-state index in [0.717, 1.165) is 16.5 Å². The van der Waals surface area contributed by atoms with Crippen LogP contribution in [0.25, 0.3) is 16.5 Å². The summed E-state index contributed by atoms with van der Waals surface area (Å²) < 4.78 is 1.65. The van der Waals surface area contributed by atoms with Crippen LogP contribution in [0.15, 0.2) is 49.3 Å². The lowest BCUT2D eigenvalue weighted by Crippen LogP contribution is -2.34. The Morgan fingerprint density at radius 3 is 3.00 bits per heavy atom. The summed E-state index contributed by atoms with van der Waals surface area (Å²) in [6.45, 7) is 5.89. The molecule has 0 fully saturated rings. The highest BCUT2D eigenvalue weighted by molar-refractivity contribution is 5.94. The molecule has 2 heterocycles. The minimum Gasteiger partial charge on any atom is -0.395 e. The zero-order chi connectivity index (χ0) is 17.8. The second-order valence-electron chi connectivity index (χ2n) is 5.57. The van der Waals surface area contributed by atoms with E-state index in [1.54, 1.807) is 30.1 Å². The van der Waals surface area contributed by atoms with Gasteiger partial charge in [0.2, 0.25) is 0 Å².